The van der Waals surface area contributed by atoms with Crippen molar-refractivity contribution in [3.63, 3.8) is 0 Å². The van der Waals surface area contributed by atoms with Crippen molar-refractivity contribution in [2.24, 2.45) is 4.99 Å². The molecule has 0 unspecified atom stereocenters. The van der Waals surface area contributed by atoms with Gasteiger partial charge < -0.3 is 25.4 Å². The molecule has 0 bridgehead atoms. The Bertz CT molecular complexity index is 1840. The SMILES string of the molecule is COC(=O)/C(C)=C/c1ccc(Oc2ccc(NC(=NCCNc3ccnc4cc(Cl)ccc34)Nc3cccc(Cl)c3)cc2)cc1. The minimum Gasteiger partial charge on any atom is -0.466 e. The number of fused-ring (bicyclic) bond motifs is 1. The van der Waals surface area contributed by atoms with Crippen molar-refractivity contribution in [1.82, 2.24) is 4.98 Å². The Balaban J connectivity index is 1.24. The highest BCUT2D eigenvalue weighted by molar-refractivity contribution is 6.31. The van der Waals surface area contributed by atoms with E-state index < -0.39 is 0 Å². The molecule has 3 N–H and O–H groups in total. The van der Waals surface area contributed by atoms with E-state index in [9.17, 15) is 4.79 Å². The van der Waals surface area contributed by atoms with Crippen molar-refractivity contribution in [2.75, 3.05) is 36.1 Å². The number of guanidine groups is 1. The van der Waals surface area contributed by atoms with E-state index in [0.717, 1.165) is 33.5 Å². The Kier molecular flexibility index (Phi) is 10.5. The third kappa shape index (κ3) is 8.98. The average molecular weight is 641 g/mol. The molecule has 0 aliphatic carbocycles. The second kappa shape index (κ2) is 15.1. The standard InChI is InChI=1S/C35H31Cl2N5O3/c1-23(34(43)44-2)20-24-6-11-29(12-7-24)45-30-13-9-27(10-14-30)41-35(42-28-5-3-4-25(36)21-28)40-19-18-39-32-16-17-38-33-22-26(37)8-15-31(32)33/h3-17,20-22H,18-19H2,1-2H3,(H,38,39)(H2,40,41,42)/b23-20+. The van der Waals surface area contributed by atoms with Crippen molar-refractivity contribution in [2.45, 2.75) is 6.92 Å². The maximum atomic E-state index is 11.6. The van der Waals surface area contributed by atoms with Gasteiger partial charge >= 0.3 is 5.97 Å². The van der Waals surface area contributed by atoms with E-state index in [4.69, 9.17) is 37.7 Å². The van der Waals surface area contributed by atoms with Crippen LogP contribution in [-0.2, 0) is 9.53 Å². The summed E-state index contributed by atoms with van der Waals surface area (Å²) >= 11 is 12.3. The van der Waals surface area contributed by atoms with Crippen LogP contribution in [0.4, 0.5) is 17.1 Å². The molecule has 0 saturated heterocycles. The number of anilines is 3. The van der Waals surface area contributed by atoms with Crippen molar-refractivity contribution >= 4 is 69.2 Å². The molecule has 0 radical (unpaired) electrons. The number of rotatable bonds is 10. The third-order valence-electron chi connectivity index (χ3n) is 6.61. The van der Waals surface area contributed by atoms with E-state index in [2.05, 4.69) is 20.9 Å². The fourth-order valence-electron chi connectivity index (χ4n) is 4.43. The van der Waals surface area contributed by atoms with Crippen LogP contribution < -0.4 is 20.7 Å². The first kappa shape index (κ1) is 31.4. The number of carbonyl (C=O) groups excluding carboxylic acids is 1. The maximum absolute atomic E-state index is 11.6. The van der Waals surface area contributed by atoms with Crippen molar-refractivity contribution in [1.29, 1.82) is 0 Å². The largest absolute Gasteiger partial charge is 0.466 e. The fourth-order valence-corrected chi connectivity index (χ4v) is 4.78. The van der Waals surface area contributed by atoms with Gasteiger partial charge in [0.2, 0.25) is 0 Å². The van der Waals surface area contributed by atoms with Crippen LogP contribution in [0.3, 0.4) is 0 Å². The van der Waals surface area contributed by atoms with E-state index in [1.54, 1.807) is 19.2 Å². The second-order valence-electron chi connectivity index (χ2n) is 9.95. The van der Waals surface area contributed by atoms with E-state index in [1.807, 2.05) is 97.1 Å². The molecule has 1 aromatic heterocycles. The second-order valence-corrected chi connectivity index (χ2v) is 10.8. The summed E-state index contributed by atoms with van der Waals surface area (Å²) in [6.45, 7) is 2.79. The number of nitrogens with one attached hydrogen (secondary N) is 3. The van der Waals surface area contributed by atoms with Gasteiger partial charge in [0.05, 0.1) is 19.2 Å². The first-order valence-corrected chi connectivity index (χ1v) is 14.9. The quantitative estimate of drug-likeness (QED) is 0.0461. The number of hydrogen-bond donors (Lipinski definition) is 3. The molecule has 0 aliphatic heterocycles. The van der Waals surface area contributed by atoms with Crippen LogP contribution in [0.2, 0.25) is 10.0 Å². The van der Waals surface area contributed by atoms with Crippen molar-refractivity contribution in [3.05, 3.63) is 124 Å². The number of nitrogens with zero attached hydrogens (tertiary/aromatic N) is 2. The van der Waals surface area contributed by atoms with Crippen LogP contribution in [0.5, 0.6) is 11.5 Å². The molecule has 4 aromatic carbocycles. The molecule has 8 nitrogen and oxygen atoms in total. The zero-order chi connectivity index (χ0) is 31.6. The van der Waals surface area contributed by atoms with Crippen molar-refractivity contribution < 1.29 is 14.3 Å². The lowest BCUT2D eigenvalue weighted by Gasteiger charge is -2.14. The molecule has 0 spiro atoms. The van der Waals surface area contributed by atoms with Crippen molar-refractivity contribution in [3.8, 4) is 11.5 Å². The van der Waals surface area contributed by atoms with Gasteiger partial charge in [-0.05, 0) is 97.4 Å². The molecule has 5 aromatic rings. The summed E-state index contributed by atoms with van der Waals surface area (Å²) < 4.78 is 10.8. The van der Waals surface area contributed by atoms with Gasteiger partial charge in [-0.2, -0.15) is 0 Å². The predicted molar refractivity (Wildman–Crippen MR) is 185 cm³/mol. The fraction of sp³-hybridized carbons (Fsp3) is 0.114. The number of aliphatic imine (C=N–C) groups is 1. The van der Waals surface area contributed by atoms with Crippen LogP contribution in [-0.4, -0.2) is 37.1 Å². The smallest absolute Gasteiger partial charge is 0.333 e. The molecule has 0 saturated carbocycles. The molecule has 0 amide bonds. The molecular weight excluding hydrogens is 609 g/mol. The minimum absolute atomic E-state index is 0.360. The summed E-state index contributed by atoms with van der Waals surface area (Å²) in [5.74, 6) is 1.54. The van der Waals surface area contributed by atoms with Gasteiger partial charge in [-0.3, -0.25) is 9.98 Å². The van der Waals surface area contributed by atoms with Crippen LogP contribution in [0, 0.1) is 0 Å². The third-order valence-corrected chi connectivity index (χ3v) is 7.08. The lowest BCUT2D eigenvalue weighted by Crippen LogP contribution is -2.23. The lowest BCUT2D eigenvalue weighted by atomic mass is 10.1. The first-order valence-electron chi connectivity index (χ1n) is 14.1. The lowest BCUT2D eigenvalue weighted by molar-refractivity contribution is -0.135. The van der Waals surface area contributed by atoms with Crippen LogP contribution in [0.25, 0.3) is 17.0 Å². The maximum Gasteiger partial charge on any atom is 0.333 e. The molecule has 0 aliphatic rings. The number of halogens is 2. The molecule has 0 atom stereocenters. The average Bonchev–Trinajstić information content (AvgIpc) is 3.04. The number of carbonyl (C=O) groups is 1. The molecule has 0 fully saturated rings. The van der Waals surface area contributed by atoms with Gasteiger partial charge in [0.1, 0.15) is 11.5 Å². The van der Waals surface area contributed by atoms with Gasteiger partial charge in [0.25, 0.3) is 0 Å². The van der Waals surface area contributed by atoms with Crippen LogP contribution >= 0.6 is 23.2 Å². The number of esters is 1. The number of methoxy groups -OCH3 is 1. The number of pyridine rings is 1. The van der Waals surface area contributed by atoms with Gasteiger partial charge in [-0.25, -0.2) is 4.79 Å². The van der Waals surface area contributed by atoms with E-state index in [-0.39, 0.29) is 5.97 Å². The van der Waals surface area contributed by atoms with Gasteiger partial charge in [0.15, 0.2) is 5.96 Å². The minimum atomic E-state index is -0.360. The first-order chi connectivity index (χ1) is 21.9. The number of aromatic nitrogens is 1. The summed E-state index contributed by atoms with van der Waals surface area (Å²) in [5, 5.41) is 12.4. The highest BCUT2D eigenvalue weighted by Crippen LogP contribution is 2.26. The Morgan fingerprint density at radius 3 is 2.31 bits per heavy atom. The monoisotopic (exact) mass is 639 g/mol. The van der Waals surface area contributed by atoms with Crippen LogP contribution in [0.1, 0.15) is 12.5 Å². The number of hydrogen-bond acceptors (Lipinski definition) is 6. The molecule has 10 heteroatoms. The highest BCUT2D eigenvalue weighted by atomic mass is 35.5. The Hall–Kier alpha value is -5.05. The predicted octanol–water partition coefficient (Wildman–Crippen LogP) is 8.90. The molecule has 45 heavy (non-hydrogen) atoms. The molecular formula is C35H31Cl2N5O3. The summed E-state index contributed by atoms with van der Waals surface area (Å²) in [4.78, 5) is 20.8. The molecule has 1 heterocycles. The molecule has 228 valence electrons. The summed E-state index contributed by atoms with van der Waals surface area (Å²) in [6.07, 6.45) is 3.52. The van der Waals surface area contributed by atoms with E-state index >= 15 is 0 Å². The number of benzene rings is 4. The Morgan fingerprint density at radius 1 is 0.867 bits per heavy atom. The van der Waals surface area contributed by atoms with Gasteiger partial charge in [-0.1, -0.05) is 41.4 Å². The summed E-state index contributed by atoms with van der Waals surface area (Å²) in [7, 11) is 1.36. The van der Waals surface area contributed by atoms with E-state index in [1.165, 1.54) is 7.11 Å². The van der Waals surface area contributed by atoms with Crippen LogP contribution in [0.15, 0.2) is 114 Å². The molecule has 5 rings (SSSR count). The Morgan fingerprint density at radius 2 is 1.58 bits per heavy atom. The normalized spacial score (nSPS) is 11.6. The highest BCUT2D eigenvalue weighted by Gasteiger charge is 2.07. The Labute approximate surface area is 271 Å². The zero-order valence-corrected chi connectivity index (χ0v) is 26.2. The topological polar surface area (TPSA) is 96.9 Å². The number of ether oxygens (including phenoxy) is 2. The zero-order valence-electron chi connectivity index (χ0n) is 24.7. The summed E-state index contributed by atoms with van der Waals surface area (Å²) in [5.41, 5.74) is 4.80. The van der Waals surface area contributed by atoms with Gasteiger partial charge in [-0.15, -0.1) is 0 Å². The van der Waals surface area contributed by atoms with Gasteiger partial charge in [0, 0.05) is 50.8 Å². The van der Waals surface area contributed by atoms with E-state index in [0.29, 0.717) is 46.2 Å². The summed E-state index contributed by atoms with van der Waals surface area (Å²) in [6, 6.07) is 30.1.